The Kier molecular flexibility index (Phi) is 9.32. The minimum atomic E-state index is -0.793. The van der Waals surface area contributed by atoms with Crippen molar-refractivity contribution in [2.24, 2.45) is 0 Å². The molecular weight excluding hydrogens is 466 g/mol. The lowest BCUT2D eigenvalue weighted by molar-refractivity contribution is -0.126. The maximum atomic E-state index is 13.3. The summed E-state index contributed by atoms with van der Waals surface area (Å²) >= 11 is 2.83. The quantitative estimate of drug-likeness (QED) is 0.303. The molecule has 1 atom stereocenters. The number of aromatic nitrogens is 2. The number of nitrogens with one attached hydrogen (secondary N) is 2. The van der Waals surface area contributed by atoms with Gasteiger partial charge in [0.2, 0.25) is 16.9 Å². The summed E-state index contributed by atoms with van der Waals surface area (Å²) in [7, 11) is 0. The molecule has 0 saturated carbocycles. The summed E-state index contributed by atoms with van der Waals surface area (Å²) in [5, 5.41) is 13.8. The minimum absolute atomic E-state index is 0.196. The Hall–Kier alpha value is -2.85. The van der Waals surface area contributed by atoms with Crippen molar-refractivity contribution in [3.63, 3.8) is 0 Å². The maximum absolute atomic E-state index is 13.3. The summed E-state index contributed by atoms with van der Waals surface area (Å²) in [5.74, 6) is -1.58. The minimum Gasteiger partial charge on any atom is -0.344 e. The maximum Gasteiger partial charge on any atom is 0.248 e. The number of rotatable bonds is 11. The molecule has 10 heteroatoms. The predicted octanol–water partition coefficient (Wildman–Crippen LogP) is 4.62. The van der Waals surface area contributed by atoms with Gasteiger partial charge in [0.05, 0.1) is 6.42 Å². The smallest absolute Gasteiger partial charge is 0.248 e. The van der Waals surface area contributed by atoms with Crippen molar-refractivity contribution in [3.05, 3.63) is 71.3 Å². The summed E-state index contributed by atoms with van der Waals surface area (Å²) in [6.45, 7) is 1.89. The van der Waals surface area contributed by atoms with Crippen LogP contribution in [-0.2, 0) is 22.4 Å². The molecule has 174 valence electrons. The Balaban J connectivity index is 1.51. The second-order valence-corrected chi connectivity index (χ2v) is 9.63. The van der Waals surface area contributed by atoms with Crippen LogP contribution in [0.5, 0.6) is 0 Å². The highest BCUT2D eigenvalue weighted by Gasteiger charge is 2.22. The molecule has 0 aliphatic heterocycles. The molecule has 3 aromatic rings. The van der Waals surface area contributed by atoms with Gasteiger partial charge in [-0.3, -0.25) is 14.9 Å². The Bertz CT molecular complexity index is 1060. The molecule has 1 unspecified atom stereocenters. The van der Waals surface area contributed by atoms with Crippen molar-refractivity contribution in [3.8, 4) is 0 Å². The van der Waals surface area contributed by atoms with E-state index in [1.165, 1.54) is 16.9 Å². The molecular formula is C23H24F2N4O2S2. The lowest BCUT2D eigenvalue weighted by Crippen LogP contribution is -2.44. The van der Waals surface area contributed by atoms with E-state index in [1.54, 1.807) is 11.8 Å². The van der Waals surface area contributed by atoms with Crippen LogP contribution in [0.15, 0.2) is 52.9 Å². The third kappa shape index (κ3) is 8.21. The SMILES string of the molecule is CCCC(NC(=O)Cc1cc(F)cc(F)c1)C(=O)Nc1nnc(SCCc2ccccc2)s1. The van der Waals surface area contributed by atoms with E-state index in [1.807, 2.05) is 25.1 Å². The molecule has 2 N–H and O–H groups in total. The monoisotopic (exact) mass is 490 g/mol. The fourth-order valence-corrected chi connectivity index (χ4v) is 4.93. The van der Waals surface area contributed by atoms with Crippen molar-refractivity contribution in [1.82, 2.24) is 15.5 Å². The van der Waals surface area contributed by atoms with Gasteiger partial charge in [-0.2, -0.15) is 0 Å². The number of carbonyl (C=O) groups excluding carboxylic acids is 2. The van der Waals surface area contributed by atoms with Crippen LogP contribution in [0.25, 0.3) is 0 Å². The Labute approximate surface area is 199 Å². The molecule has 3 rings (SSSR count). The van der Waals surface area contributed by atoms with Crippen LogP contribution in [-0.4, -0.2) is 33.8 Å². The van der Waals surface area contributed by atoms with E-state index in [2.05, 4.69) is 33.0 Å². The van der Waals surface area contributed by atoms with Crippen LogP contribution in [0.4, 0.5) is 13.9 Å². The van der Waals surface area contributed by atoms with Gasteiger partial charge in [-0.15, -0.1) is 10.2 Å². The number of aryl methyl sites for hydroxylation is 1. The largest absolute Gasteiger partial charge is 0.344 e. The third-order valence-corrected chi connectivity index (χ3v) is 6.59. The highest BCUT2D eigenvalue weighted by atomic mass is 32.2. The Morgan fingerprint density at radius 3 is 2.48 bits per heavy atom. The molecule has 0 saturated heterocycles. The molecule has 2 amide bonds. The zero-order valence-corrected chi connectivity index (χ0v) is 19.6. The Morgan fingerprint density at radius 1 is 1.06 bits per heavy atom. The summed E-state index contributed by atoms with van der Waals surface area (Å²) in [6, 6.07) is 12.3. The first-order valence-electron chi connectivity index (χ1n) is 10.5. The van der Waals surface area contributed by atoms with Gasteiger partial charge in [0.25, 0.3) is 0 Å². The van der Waals surface area contributed by atoms with Crippen LogP contribution >= 0.6 is 23.1 Å². The lowest BCUT2D eigenvalue weighted by Gasteiger charge is -2.17. The summed E-state index contributed by atoms with van der Waals surface area (Å²) in [5.41, 5.74) is 1.43. The van der Waals surface area contributed by atoms with Crippen molar-refractivity contribution < 1.29 is 18.4 Å². The number of nitrogens with zero attached hydrogens (tertiary/aromatic N) is 2. The molecule has 0 spiro atoms. The standard InChI is InChI=1S/C23H24F2N4O2S2/c1-2-6-19(26-20(30)13-16-11-17(24)14-18(25)12-16)21(31)27-22-28-29-23(33-22)32-10-9-15-7-4-3-5-8-15/h3-5,7-8,11-12,14,19H,2,6,9-10,13H2,1H3,(H,26,30)(H,27,28,31). The van der Waals surface area contributed by atoms with E-state index < -0.39 is 29.5 Å². The van der Waals surface area contributed by atoms with Crippen LogP contribution in [0, 0.1) is 11.6 Å². The molecule has 0 aliphatic rings. The average molecular weight is 491 g/mol. The summed E-state index contributed by atoms with van der Waals surface area (Å²) in [6.07, 6.45) is 1.73. The van der Waals surface area contributed by atoms with Gasteiger partial charge in [-0.1, -0.05) is 66.8 Å². The fourth-order valence-electron chi connectivity index (χ4n) is 3.11. The van der Waals surface area contributed by atoms with Crippen LogP contribution in [0.2, 0.25) is 0 Å². The van der Waals surface area contributed by atoms with Crippen LogP contribution in [0.1, 0.15) is 30.9 Å². The number of carbonyl (C=O) groups is 2. The van der Waals surface area contributed by atoms with Crippen LogP contribution in [0.3, 0.4) is 0 Å². The second kappa shape index (κ2) is 12.4. The van der Waals surface area contributed by atoms with Crippen molar-refractivity contribution in [2.75, 3.05) is 11.1 Å². The predicted molar refractivity (Wildman–Crippen MR) is 126 cm³/mol. The molecule has 2 aromatic carbocycles. The average Bonchev–Trinajstić information content (AvgIpc) is 3.20. The number of anilines is 1. The zero-order valence-electron chi connectivity index (χ0n) is 18.0. The second-order valence-electron chi connectivity index (χ2n) is 7.31. The van der Waals surface area contributed by atoms with E-state index in [0.717, 1.165) is 34.7 Å². The summed E-state index contributed by atoms with van der Waals surface area (Å²) < 4.78 is 27.4. The number of hydrogen-bond acceptors (Lipinski definition) is 6. The van der Waals surface area contributed by atoms with E-state index in [0.29, 0.717) is 18.0 Å². The lowest BCUT2D eigenvalue weighted by atomic mass is 10.1. The van der Waals surface area contributed by atoms with Crippen LogP contribution < -0.4 is 10.6 Å². The first-order chi connectivity index (χ1) is 15.9. The van der Waals surface area contributed by atoms with Gasteiger partial charge in [-0.25, -0.2) is 8.78 Å². The molecule has 1 heterocycles. The molecule has 0 fully saturated rings. The van der Waals surface area contributed by atoms with Gasteiger partial charge >= 0.3 is 0 Å². The molecule has 0 radical (unpaired) electrons. The third-order valence-electron chi connectivity index (χ3n) is 4.61. The molecule has 0 aliphatic carbocycles. The van der Waals surface area contributed by atoms with Gasteiger partial charge in [0, 0.05) is 11.8 Å². The first kappa shape index (κ1) is 24.8. The van der Waals surface area contributed by atoms with Crippen molar-refractivity contribution in [2.45, 2.75) is 43.0 Å². The van der Waals surface area contributed by atoms with Gasteiger partial charge in [0.1, 0.15) is 17.7 Å². The van der Waals surface area contributed by atoms with Crippen molar-refractivity contribution in [1.29, 1.82) is 0 Å². The van der Waals surface area contributed by atoms with Crippen molar-refractivity contribution >= 4 is 40.0 Å². The molecule has 0 bridgehead atoms. The normalized spacial score (nSPS) is 11.7. The van der Waals surface area contributed by atoms with E-state index in [9.17, 15) is 18.4 Å². The van der Waals surface area contributed by atoms with Gasteiger partial charge in [0.15, 0.2) is 4.34 Å². The fraction of sp³-hybridized carbons (Fsp3) is 0.304. The van der Waals surface area contributed by atoms with E-state index in [4.69, 9.17) is 0 Å². The number of hydrogen-bond donors (Lipinski definition) is 2. The number of amides is 2. The Morgan fingerprint density at radius 2 is 1.79 bits per heavy atom. The molecule has 33 heavy (non-hydrogen) atoms. The first-order valence-corrected chi connectivity index (χ1v) is 12.3. The van der Waals surface area contributed by atoms with E-state index >= 15 is 0 Å². The highest BCUT2D eigenvalue weighted by molar-refractivity contribution is 8.01. The number of thioether (sulfide) groups is 1. The van der Waals surface area contributed by atoms with Gasteiger partial charge in [-0.05, 0) is 36.1 Å². The highest BCUT2D eigenvalue weighted by Crippen LogP contribution is 2.26. The topological polar surface area (TPSA) is 84.0 Å². The van der Waals surface area contributed by atoms with E-state index in [-0.39, 0.29) is 12.0 Å². The number of halogens is 2. The van der Waals surface area contributed by atoms with Gasteiger partial charge < -0.3 is 5.32 Å². The number of benzene rings is 2. The summed E-state index contributed by atoms with van der Waals surface area (Å²) in [4.78, 5) is 25.0. The zero-order chi connectivity index (χ0) is 23.6. The molecule has 1 aromatic heterocycles. The molecule has 6 nitrogen and oxygen atoms in total.